The smallest absolute Gasteiger partial charge is 0.321 e. The zero-order valence-electron chi connectivity index (χ0n) is 16.2. The van der Waals surface area contributed by atoms with Gasteiger partial charge in [0.25, 0.3) is 5.91 Å². The van der Waals surface area contributed by atoms with Crippen molar-refractivity contribution in [2.45, 2.75) is 70.9 Å². The van der Waals surface area contributed by atoms with Gasteiger partial charge in [0.15, 0.2) is 6.61 Å². The first kappa shape index (κ1) is 19.6. The molecule has 4 rings (SSSR count). The predicted molar refractivity (Wildman–Crippen MR) is 96.4 cm³/mol. The first-order valence-corrected chi connectivity index (χ1v) is 9.68. The molecule has 4 aliphatic rings. The van der Waals surface area contributed by atoms with Gasteiger partial charge in [0.2, 0.25) is 5.91 Å². The molecule has 2 atom stereocenters. The predicted octanol–water partition coefficient (Wildman–Crippen LogP) is 1.24. The van der Waals surface area contributed by atoms with Gasteiger partial charge in [-0.1, -0.05) is 0 Å². The molecule has 27 heavy (non-hydrogen) atoms. The molecule has 4 saturated carbocycles. The number of hydrogen-bond donors (Lipinski definition) is 3. The van der Waals surface area contributed by atoms with E-state index in [1.807, 2.05) is 0 Å². The summed E-state index contributed by atoms with van der Waals surface area (Å²) in [6.07, 6.45) is 4.98. The molecular formula is C19H29N3O5. The fourth-order valence-electron chi connectivity index (χ4n) is 5.77. The normalized spacial score (nSPS) is 33.5. The third kappa shape index (κ3) is 4.25. The Kier molecular flexibility index (Phi) is 5.18. The van der Waals surface area contributed by atoms with Gasteiger partial charge in [0, 0.05) is 18.5 Å². The van der Waals surface area contributed by atoms with Crippen molar-refractivity contribution in [3.8, 4) is 0 Å². The standard InChI is InChI=1S/C19H29N3O5/c1-11(2)20-17(26)21-15(24)9-27-16(25)18-5-13-4-14(6-18)8-19(7-13,10-18)22-12(3)23/h11,13-14H,4-10H2,1-3H3,(H,22,23)(H2,20,21,24,26). The van der Waals surface area contributed by atoms with Gasteiger partial charge in [0.1, 0.15) is 0 Å². The highest BCUT2D eigenvalue weighted by Gasteiger charge is 2.61. The average Bonchev–Trinajstić information content (AvgIpc) is 2.48. The van der Waals surface area contributed by atoms with Crippen molar-refractivity contribution >= 4 is 23.8 Å². The van der Waals surface area contributed by atoms with Crippen LogP contribution in [0.1, 0.15) is 59.3 Å². The molecule has 0 aliphatic heterocycles. The Morgan fingerprint density at radius 2 is 1.70 bits per heavy atom. The fourth-order valence-corrected chi connectivity index (χ4v) is 5.77. The van der Waals surface area contributed by atoms with Crippen LogP contribution in [0, 0.1) is 17.3 Å². The summed E-state index contributed by atoms with van der Waals surface area (Å²) < 4.78 is 5.30. The Morgan fingerprint density at radius 1 is 1.07 bits per heavy atom. The lowest BCUT2D eigenvalue weighted by Gasteiger charge is -2.60. The lowest BCUT2D eigenvalue weighted by Crippen LogP contribution is -2.64. The highest BCUT2D eigenvalue weighted by atomic mass is 16.5. The summed E-state index contributed by atoms with van der Waals surface area (Å²) in [6.45, 7) is 4.59. The van der Waals surface area contributed by atoms with E-state index in [0.717, 1.165) is 32.1 Å². The SMILES string of the molecule is CC(=O)NC12CC3CC(C1)CC(C(=O)OCC(=O)NC(=O)NC(C)C)(C3)C2. The van der Waals surface area contributed by atoms with Crippen molar-refractivity contribution < 1.29 is 23.9 Å². The molecule has 2 unspecified atom stereocenters. The maximum atomic E-state index is 12.9. The number of imide groups is 1. The molecule has 150 valence electrons. The van der Waals surface area contributed by atoms with Crippen molar-refractivity contribution in [2.75, 3.05) is 6.61 Å². The van der Waals surface area contributed by atoms with Crippen LogP contribution in [0.5, 0.6) is 0 Å². The van der Waals surface area contributed by atoms with E-state index in [9.17, 15) is 19.2 Å². The molecule has 4 fully saturated rings. The van der Waals surface area contributed by atoms with E-state index >= 15 is 0 Å². The van der Waals surface area contributed by atoms with E-state index in [1.54, 1.807) is 13.8 Å². The molecule has 0 heterocycles. The van der Waals surface area contributed by atoms with Gasteiger partial charge in [-0.25, -0.2) is 4.79 Å². The monoisotopic (exact) mass is 379 g/mol. The molecule has 8 heteroatoms. The van der Waals surface area contributed by atoms with Crippen molar-refractivity contribution in [3.63, 3.8) is 0 Å². The molecule has 4 amide bonds. The molecule has 0 spiro atoms. The summed E-state index contributed by atoms with van der Waals surface area (Å²) in [6, 6.07) is -0.706. The number of carbonyl (C=O) groups is 4. The van der Waals surface area contributed by atoms with Gasteiger partial charge < -0.3 is 15.4 Å². The first-order valence-electron chi connectivity index (χ1n) is 9.68. The van der Waals surface area contributed by atoms with Gasteiger partial charge in [-0.3, -0.25) is 19.7 Å². The lowest BCUT2D eigenvalue weighted by molar-refractivity contribution is -0.177. The van der Waals surface area contributed by atoms with Crippen molar-refractivity contribution in [3.05, 3.63) is 0 Å². The number of hydrogen-bond acceptors (Lipinski definition) is 5. The number of amides is 4. The van der Waals surface area contributed by atoms with Gasteiger partial charge >= 0.3 is 12.0 Å². The summed E-state index contributed by atoms with van der Waals surface area (Å²) in [5, 5.41) is 7.79. The molecule has 3 N–H and O–H groups in total. The summed E-state index contributed by atoms with van der Waals surface area (Å²) in [5.41, 5.74) is -0.957. The summed E-state index contributed by atoms with van der Waals surface area (Å²) in [5.74, 6) is -0.308. The quantitative estimate of drug-likeness (QED) is 0.622. The molecule has 0 aromatic carbocycles. The topological polar surface area (TPSA) is 114 Å². The summed E-state index contributed by atoms with van der Waals surface area (Å²) >= 11 is 0. The largest absolute Gasteiger partial charge is 0.455 e. The van der Waals surface area contributed by atoms with Gasteiger partial charge in [-0.15, -0.1) is 0 Å². The van der Waals surface area contributed by atoms with Crippen LogP contribution in [0.25, 0.3) is 0 Å². The average molecular weight is 379 g/mol. The van der Waals surface area contributed by atoms with E-state index in [-0.39, 0.29) is 23.5 Å². The first-order chi connectivity index (χ1) is 12.6. The zero-order chi connectivity index (χ0) is 19.8. The number of carbonyl (C=O) groups excluding carboxylic acids is 4. The van der Waals surface area contributed by atoms with E-state index in [1.165, 1.54) is 6.92 Å². The minimum absolute atomic E-state index is 0.0731. The van der Waals surface area contributed by atoms with E-state index in [0.29, 0.717) is 18.3 Å². The molecule has 0 aromatic heterocycles. The van der Waals surface area contributed by atoms with Gasteiger partial charge in [-0.2, -0.15) is 0 Å². The van der Waals surface area contributed by atoms with Crippen LogP contribution in [0.4, 0.5) is 4.79 Å². The van der Waals surface area contributed by atoms with Crippen molar-refractivity contribution in [1.82, 2.24) is 16.0 Å². The lowest BCUT2D eigenvalue weighted by atomic mass is 9.47. The van der Waals surface area contributed by atoms with E-state index in [4.69, 9.17) is 4.74 Å². The zero-order valence-corrected chi connectivity index (χ0v) is 16.2. The highest BCUT2D eigenvalue weighted by molar-refractivity contribution is 5.95. The summed E-state index contributed by atoms with van der Waals surface area (Å²) in [4.78, 5) is 48.0. The Bertz CT molecular complexity index is 646. The minimum atomic E-state index is -0.650. The molecule has 8 nitrogen and oxygen atoms in total. The number of rotatable bonds is 5. The third-order valence-corrected chi connectivity index (χ3v) is 5.94. The molecule has 0 aromatic rings. The number of esters is 1. The molecular weight excluding hydrogens is 350 g/mol. The molecule has 4 bridgehead atoms. The molecule has 0 radical (unpaired) electrons. The van der Waals surface area contributed by atoms with E-state index < -0.39 is 24.0 Å². The Morgan fingerprint density at radius 3 is 2.26 bits per heavy atom. The highest BCUT2D eigenvalue weighted by Crippen LogP contribution is 2.62. The second-order valence-electron chi connectivity index (χ2n) is 8.96. The Hall–Kier alpha value is -2.12. The Labute approximate surface area is 159 Å². The van der Waals surface area contributed by atoms with Crippen LogP contribution in [-0.2, 0) is 19.1 Å². The van der Waals surface area contributed by atoms with Crippen LogP contribution >= 0.6 is 0 Å². The maximum absolute atomic E-state index is 12.9. The molecule has 4 aliphatic carbocycles. The number of urea groups is 1. The van der Waals surface area contributed by atoms with Crippen molar-refractivity contribution in [2.24, 2.45) is 17.3 Å². The van der Waals surface area contributed by atoms with Crippen LogP contribution < -0.4 is 16.0 Å². The number of nitrogens with one attached hydrogen (secondary N) is 3. The van der Waals surface area contributed by atoms with Crippen LogP contribution in [0.15, 0.2) is 0 Å². The van der Waals surface area contributed by atoms with Gasteiger partial charge in [-0.05, 0) is 64.2 Å². The fraction of sp³-hybridized carbons (Fsp3) is 0.789. The van der Waals surface area contributed by atoms with E-state index in [2.05, 4.69) is 16.0 Å². The second-order valence-corrected chi connectivity index (χ2v) is 8.96. The molecule has 0 saturated heterocycles. The Balaban J connectivity index is 1.60. The van der Waals surface area contributed by atoms with Crippen molar-refractivity contribution in [1.29, 1.82) is 0 Å². The number of ether oxygens (including phenoxy) is 1. The maximum Gasteiger partial charge on any atom is 0.321 e. The summed E-state index contributed by atoms with van der Waals surface area (Å²) in [7, 11) is 0. The second kappa shape index (κ2) is 7.13. The van der Waals surface area contributed by atoms with Crippen LogP contribution in [0.2, 0.25) is 0 Å². The van der Waals surface area contributed by atoms with Crippen LogP contribution in [0.3, 0.4) is 0 Å². The minimum Gasteiger partial charge on any atom is -0.455 e. The van der Waals surface area contributed by atoms with Gasteiger partial charge in [0.05, 0.1) is 5.41 Å². The third-order valence-electron chi connectivity index (χ3n) is 5.94. The van der Waals surface area contributed by atoms with Crippen LogP contribution in [-0.4, -0.2) is 42.0 Å².